The van der Waals surface area contributed by atoms with Gasteiger partial charge in [0.25, 0.3) is 11.8 Å². The number of thiophene rings is 1. The Morgan fingerprint density at radius 1 is 1.17 bits per heavy atom. The number of hydrogen-bond donors (Lipinski definition) is 2. The normalized spacial score (nSPS) is 11.3. The zero-order chi connectivity index (χ0) is 22.6. The van der Waals surface area contributed by atoms with E-state index in [2.05, 4.69) is 5.32 Å². The summed E-state index contributed by atoms with van der Waals surface area (Å²) in [6, 6.07) is 1.32. The van der Waals surface area contributed by atoms with Crippen LogP contribution in [0.25, 0.3) is 0 Å². The Morgan fingerprint density at radius 3 is 2.40 bits per heavy atom. The molecule has 0 radical (unpaired) electrons. The predicted octanol–water partition coefficient (Wildman–Crippen LogP) is 3.37. The van der Waals surface area contributed by atoms with Crippen molar-refractivity contribution in [3.05, 3.63) is 51.1 Å². The molecule has 0 aliphatic rings. The molecule has 12 heteroatoms. The number of carbonyl (C=O) groups is 3. The summed E-state index contributed by atoms with van der Waals surface area (Å²) in [6.07, 6.45) is -4.87. The van der Waals surface area contributed by atoms with Crippen LogP contribution in [0.3, 0.4) is 0 Å². The smallest absolute Gasteiger partial charge is 0.416 e. The van der Waals surface area contributed by atoms with Gasteiger partial charge in [-0.2, -0.15) is 13.2 Å². The van der Waals surface area contributed by atoms with Crippen molar-refractivity contribution in [2.24, 2.45) is 5.73 Å². The number of amides is 2. The van der Waals surface area contributed by atoms with Crippen molar-refractivity contribution in [1.82, 2.24) is 0 Å². The molecule has 1 aromatic carbocycles. The maximum Gasteiger partial charge on any atom is 0.416 e. The third kappa shape index (κ3) is 5.33. The molecule has 2 rings (SSSR count). The van der Waals surface area contributed by atoms with E-state index in [1.807, 2.05) is 0 Å². The van der Waals surface area contributed by atoms with Gasteiger partial charge in [-0.25, -0.2) is 9.18 Å². The molecule has 1 aromatic heterocycles. The molecule has 0 aliphatic carbocycles. The molecule has 1 heterocycles. The first-order valence-electron chi connectivity index (χ1n) is 8.24. The van der Waals surface area contributed by atoms with E-state index in [9.17, 15) is 31.9 Å². The molecule has 7 nitrogen and oxygen atoms in total. The van der Waals surface area contributed by atoms with Crippen molar-refractivity contribution < 1.29 is 41.4 Å². The van der Waals surface area contributed by atoms with E-state index in [1.165, 1.54) is 14.0 Å². The molecule has 2 amide bonds. The Labute approximate surface area is 171 Å². The number of nitrogens with two attached hydrogens (primary N) is 1. The largest absolute Gasteiger partial charge is 0.460 e. The molecule has 3 N–H and O–H groups in total. The molecule has 0 aliphatic heterocycles. The molecule has 0 spiro atoms. The molecule has 30 heavy (non-hydrogen) atoms. The van der Waals surface area contributed by atoms with E-state index < -0.39 is 40.9 Å². The Balaban J connectivity index is 2.41. The third-order valence-corrected chi connectivity index (χ3v) is 5.03. The fraction of sp³-hybridized carbons (Fsp3) is 0.278. The first-order chi connectivity index (χ1) is 14.0. The molecule has 0 fully saturated rings. The minimum Gasteiger partial charge on any atom is -0.460 e. The van der Waals surface area contributed by atoms with Gasteiger partial charge in [0.2, 0.25) is 0 Å². The number of hydrogen-bond acceptors (Lipinski definition) is 6. The summed E-state index contributed by atoms with van der Waals surface area (Å²) in [5.74, 6) is -4.18. The molecular weight excluding hydrogens is 432 g/mol. The molecule has 0 saturated heterocycles. The second-order valence-corrected chi connectivity index (χ2v) is 6.95. The average Bonchev–Trinajstić information content (AvgIpc) is 2.96. The quantitative estimate of drug-likeness (QED) is 0.384. The number of carbonyl (C=O) groups excluding carboxylic acids is 3. The lowest BCUT2D eigenvalue weighted by atomic mass is 10.1. The van der Waals surface area contributed by atoms with Crippen LogP contribution >= 0.6 is 11.3 Å². The highest BCUT2D eigenvalue weighted by molar-refractivity contribution is 7.18. The lowest BCUT2D eigenvalue weighted by molar-refractivity contribution is -0.137. The summed E-state index contributed by atoms with van der Waals surface area (Å²) >= 11 is 0.644. The van der Waals surface area contributed by atoms with E-state index in [-0.39, 0.29) is 40.3 Å². The Kier molecular flexibility index (Phi) is 7.16. The Bertz CT molecular complexity index is 988. The summed E-state index contributed by atoms with van der Waals surface area (Å²) in [6.45, 7) is 1.36. The number of rotatable bonds is 7. The van der Waals surface area contributed by atoms with E-state index in [0.29, 0.717) is 23.5 Å². The lowest BCUT2D eigenvalue weighted by Crippen LogP contribution is -2.17. The monoisotopic (exact) mass is 448 g/mol. The fourth-order valence-corrected chi connectivity index (χ4v) is 3.47. The SMILES string of the molecule is COCCOC(=O)c1c(NC(=O)c2cc(F)cc(C(F)(F)F)c2)sc(C(N)=O)c1C. The van der Waals surface area contributed by atoms with Crippen LogP contribution in [0, 0.1) is 12.7 Å². The minimum absolute atomic E-state index is 0.0563. The predicted molar refractivity (Wildman–Crippen MR) is 99.1 cm³/mol. The van der Waals surface area contributed by atoms with Crippen molar-refractivity contribution in [3.63, 3.8) is 0 Å². The first-order valence-corrected chi connectivity index (χ1v) is 9.05. The van der Waals surface area contributed by atoms with Crippen LogP contribution in [0.5, 0.6) is 0 Å². The number of anilines is 1. The molecule has 162 valence electrons. The summed E-state index contributed by atoms with van der Waals surface area (Å²) in [5, 5.41) is 2.05. The molecule has 2 aromatic rings. The number of halogens is 4. The van der Waals surface area contributed by atoms with Crippen LogP contribution in [-0.2, 0) is 15.7 Å². The Hall–Kier alpha value is -2.99. The second-order valence-electron chi connectivity index (χ2n) is 5.93. The van der Waals surface area contributed by atoms with Gasteiger partial charge in [0.15, 0.2) is 0 Å². The minimum atomic E-state index is -4.87. The van der Waals surface area contributed by atoms with E-state index in [4.69, 9.17) is 15.2 Å². The molecule has 0 saturated carbocycles. The van der Waals surface area contributed by atoms with Crippen LogP contribution in [0.4, 0.5) is 22.6 Å². The molecule has 0 unspecified atom stereocenters. The first kappa shape index (κ1) is 23.3. The maximum atomic E-state index is 13.6. The number of methoxy groups -OCH3 is 1. The van der Waals surface area contributed by atoms with E-state index in [1.54, 1.807) is 0 Å². The zero-order valence-corrected chi connectivity index (χ0v) is 16.5. The van der Waals surface area contributed by atoms with Gasteiger partial charge in [-0.05, 0) is 30.7 Å². The van der Waals surface area contributed by atoms with Crippen molar-refractivity contribution in [2.45, 2.75) is 13.1 Å². The third-order valence-electron chi connectivity index (χ3n) is 3.81. The van der Waals surface area contributed by atoms with Crippen LogP contribution in [0.2, 0.25) is 0 Å². The number of esters is 1. The topological polar surface area (TPSA) is 108 Å². The fourth-order valence-electron chi connectivity index (χ4n) is 2.43. The van der Waals surface area contributed by atoms with Crippen molar-refractivity contribution in [1.29, 1.82) is 0 Å². The highest BCUT2D eigenvalue weighted by Gasteiger charge is 2.32. The van der Waals surface area contributed by atoms with Crippen LogP contribution in [-0.4, -0.2) is 38.1 Å². The Morgan fingerprint density at radius 2 is 1.83 bits per heavy atom. The highest BCUT2D eigenvalue weighted by atomic mass is 32.1. The summed E-state index contributed by atoms with van der Waals surface area (Å²) in [4.78, 5) is 36.4. The summed E-state index contributed by atoms with van der Waals surface area (Å²) in [5.41, 5.74) is 3.21. The van der Waals surface area contributed by atoms with Gasteiger partial charge in [0, 0.05) is 12.7 Å². The average molecular weight is 448 g/mol. The van der Waals surface area contributed by atoms with Gasteiger partial charge in [-0.1, -0.05) is 0 Å². The van der Waals surface area contributed by atoms with Gasteiger partial charge >= 0.3 is 12.1 Å². The number of primary amides is 1. The van der Waals surface area contributed by atoms with Gasteiger partial charge < -0.3 is 20.5 Å². The second kappa shape index (κ2) is 9.22. The maximum absolute atomic E-state index is 13.6. The van der Waals surface area contributed by atoms with Crippen LogP contribution in [0.1, 0.15) is 41.5 Å². The van der Waals surface area contributed by atoms with Crippen molar-refractivity contribution in [2.75, 3.05) is 25.6 Å². The standard InChI is InChI=1S/C18H16F4N2O5S/c1-8-12(17(27)29-4-3-28-2)16(30-13(8)14(23)25)24-15(26)9-5-10(18(20,21)22)7-11(19)6-9/h5-7H,3-4H2,1-2H3,(H2,23,25)(H,24,26). The molecule has 0 bridgehead atoms. The van der Waals surface area contributed by atoms with E-state index in [0.717, 1.165) is 0 Å². The summed E-state index contributed by atoms with van der Waals surface area (Å²) < 4.78 is 62.0. The lowest BCUT2D eigenvalue weighted by Gasteiger charge is -2.10. The zero-order valence-electron chi connectivity index (χ0n) is 15.7. The summed E-state index contributed by atoms with van der Waals surface area (Å²) in [7, 11) is 1.38. The van der Waals surface area contributed by atoms with Gasteiger partial charge in [-0.15, -0.1) is 11.3 Å². The molecular formula is C18H16F4N2O5S. The number of nitrogens with one attached hydrogen (secondary N) is 1. The molecule has 0 atom stereocenters. The van der Waals surface area contributed by atoms with Crippen LogP contribution < -0.4 is 11.1 Å². The van der Waals surface area contributed by atoms with Gasteiger partial charge in [-0.3, -0.25) is 9.59 Å². The van der Waals surface area contributed by atoms with Gasteiger partial charge in [0.05, 0.1) is 22.6 Å². The van der Waals surface area contributed by atoms with Gasteiger partial charge in [0.1, 0.15) is 17.4 Å². The van der Waals surface area contributed by atoms with Crippen LogP contribution in [0.15, 0.2) is 18.2 Å². The van der Waals surface area contributed by atoms with Crippen molar-refractivity contribution >= 4 is 34.1 Å². The van der Waals surface area contributed by atoms with Crippen molar-refractivity contribution in [3.8, 4) is 0 Å². The number of alkyl halides is 3. The number of benzene rings is 1. The highest BCUT2D eigenvalue weighted by Crippen LogP contribution is 2.35. The van der Waals surface area contributed by atoms with E-state index >= 15 is 0 Å². The number of ether oxygens (including phenoxy) is 2.